The fraction of sp³-hybridized carbons (Fsp3) is 1.00. The molecule has 1 aliphatic rings. The van der Waals surface area contributed by atoms with Gasteiger partial charge in [-0.2, -0.15) is 0 Å². The molecule has 1 fully saturated rings. The summed E-state index contributed by atoms with van der Waals surface area (Å²) in [7, 11) is 0. The molecule has 0 aromatic rings. The SMILES string of the molecule is CCC1(CO)CCCCCN1. The van der Waals surface area contributed by atoms with E-state index in [4.69, 9.17) is 0 Å². The molecule has 1 atom stereocenters. The molecule has 2 N–H and O–H groups in total. The van der Waals surface area contributed by atoms with E-state index >= 15 is 0 Å². The summed E-state index contributed by atoms with van der Waals surface area (Å²) in [6.45, 7) is 3.52. The van der Waals surface area contributed by atoms with Gasteiger partial charge in [-0.25, -0.2) is 0 Å². The standard InChI is InChI=1S/C9H19NO/c1-2-9(8-11)6-4-3-5-7-10-9/h10-11H,2-8H2,1H3. The van der Waals surface area contributed by atoms with Crippen molar-refractivity contribution in [3.05, 3.63) is 0 Å². The van der Waals surface area contributed by atoms with Gasteiger partial charge in [0, 0.05) is 5.54 Å². The van der Waals surface area contributed by atoms with E-state index in [-0.39, 0.29) is 5.54 Å². The van der Waals surface area contributed by atoms with Crippen LogP contribution in [0, 0.1) is 0 Å². The Morgan fingerprint density at radius 3 is 2.82 bits per heavy atom. The second-order valence-electron chi connectivity index (χ2n) is 3.53. The summed E-state index contributed by atoms with van der Waals surface area (Å²) in [4.78, 5) is 0. The van der Waals surface area contributed by atoms with Gasteiger partial charge in [0.15, 0.2) is 0 Å². The number of aliphatic hydroxyl groups is 1. The van der Waals surface area contributed by atoms with Crippen molar-refractivity contribution >= 4 is 0 Å². The normalized spacial score (nSPS) is 33.3. The quantitative estimate of drug-likeness (QED) is 0.633. The van der Waals surface area contributed by atoms with Crippen LogP contribution in [0.15, 0.2) is 0 Å². The van der Waals surface area contributed by atoms with Gasteiger partial charge >= 0.3 is 0 Å². The zero-order valence-corrected chi connectivity index (χ0v) is 7.40. The zero-order chi connectivity index (χ0) is 8.16. The Hall–Kier alpha value is -0.0800. The molecule has 0 amide bonds. The summed E-state index contributed by atoms with van der Waals surface area (Å²) in [6, 6.07) is 0. The molecule has 0 aromatic heterocycles. The molecule has 1 rings (SSSR count). The Morgan fingerprint density at radius 1 is 1.36 bits per heavy atom. The van der Waals surface area contributed by atoms with Gasteiger partial charge in [-0.15, -0.1) is 0 Å². The van der Waals surface area contributed by atoms with Crippen molar-refractivity contribution in [2.45, 2.75) is 44.6 Å². The van der Waals surface area contributed by atoms with E-state index in [1.807, 2.05) is 0 Å². The van der Waals surface area contributed by atoms with E-state index in [1.165, 1.54) is 19.3 Å². The predicted molar refractivity (Wildman–Crippen MR) is 46.6 cm³/mol. The zero-order valence-electron chi connectivity index (χ0n) is 7.40. The lowest BCUT2D eigenvalue weighted by atomic mass is 9.92. The Bertz CT molecular complexity index is 100. The minimum atomic E-state index is 0.0521. The molecule has 2 nitrogen and oxygen atoms in total. The molecule has 0 spiro atoms. The van der Waals surface area contributed by atoms with E-state index in [0.29, 0.717) is 6.61 Å². The third-order valence-corrected chi connectivity index (χ3v) is 2.81. The Balaban J connectivity index is 2.49. The summed E-state index contributed by atoms with van der Waals surface area (Å²) in [5, 5.41) is 12.6. The first kappa shape index (κ1) is 9.01. The van der Waals surface area contributed by atoms with Gasteiger partial charge in [0.2, 0.25) is 0 Å². The van der Waals surface area contributed by atoms with Crippen LogP contribution in [0.3, 0.4) is 0 Å². The lowest BCUT2D eigenvalue weighted by Gasteiger charge is -2.30. The molecule has 0 radical (unpaired) electrons. The average molecular weight is 157 g/mol. The van der Waals surface area contributed by atoms with Gasteiger partial charge in [-0.05, 0) is 25.8 Å². The maximum Gasteiger partial charge on any atom is 0.0613 e. The fourth-order valence-corrected chi connectivity index (χ4v) is 1.76. The minimum Gasteiger partial charge on any atom is -0.394 e. The highest BCUT2D eigenvalue weighted by molar-refractivity contribution is 4.87. The van der Waals surface area contributed by atoms with Crippen molar-refractivity contribution in [3.8, 4) is 0 Å². The second kappa shape index (κ2) is 4.07. The topological polar surface area (TPSA) is 32.3 Å². The number of aliphatic hydroxyl groups excluding tert-OH is 1. The highest BCUT2D eigenvalue weighted by Gasteiger charge is 2.27. The number of nitrogens with one attached hydrogen (secondary N) is 1. The summed E-state index contributed by atoms with van der Waals surface area (Å²) in [6.07, 6.45) is 6.03. The molecule has 1 unspecified atom stereocenters. The van der Waals surface area contributed by atoms with Gasteiger partial charge in [0.25, 0.3) is 0 Å². The molecular formula is C9H19NO. The van der Waals surface area contributed by atoms with Crippen molar-refractivity contribution in [1.29, 1.82) is 0 Å². The summed E-state index contributed by atoms with van der Waals surface area (Å²) in [5.74, 6) is 0. The van der Waals surface area contributed by atoms with Crippen molar-refractivity contribution in [1.82, 2.24) is 5.32 Å². The molecule has 1 saturated heterocycles. The molecule has 1 heterocycles. The van der Waals surface area contributed by atoms with Crippen LogP contribution in [0.25, 0.3) is 0 Å². The number of hydrogen-bond donors (Lipinski definition) is 2. The Kier molecular flexibility index (Phi) is 3.34. The Morgan fingerprint density at radius 2 is 2.18 bits per heavy atom. The van der Waals surface area contributed by atoms with Gasteiger partial charge in [-0.1, -0.05) is 19.8 Å². The molecule has 0 saturated carbocycles. The minimum absolute atomic E-state index is 0.0521. The van der Waals surface area contributed by atoms with E-state index in [1.54, 1.807) is 0 Å². The monoisotopic (exact) mass is 157 g/mol. The van der Waals surface area contributed by atoms with Crippen molar-refractivity contribution in [2.24, 2.45) is 0 Å². The molecule has 11 heavy (non-hydrogen) atoms. The molecule has 0 aromatic carbocycles. The lowest BCUT2D eigenvalue weighted by molar-refractivity contribution is 0.152. The largest absolute Gasteiger partial charge is 0.394 e. The molecular weight excluding hydrogens is 138 g/mol. The summed E-state index contributed by atoms with van der Waals surface area (Å²) < 4.78 is 0. The number of rotatable bonds is 2. The van der Waals surface area contributed by atoms with Gasteiger partial charge in [0.1, 0.15) is 0 Å². The van der Waals surface area contributed by atoms with Crippen LogP contribution in [0.4, 0.5) is 0 Å². The third kappa shape index (κ3) is 2.17. The third-order valence-electron chi connectivity index (χ3n) is 2.81. The van der Waals surface area contributed by atoms with E-state index in [9.17, 15) is 5.11 Å². The van der Waals surface area contributed by atoms with Gasteiger partial charge < -0.3 is 10.4 Å². The fourth-order valence-electron chi connectivity index (χ4n) is 1.76. The first-order valence-corrected chi connectivity index (χ1v) is 4.69. The van der Waals surface area contributed by atoms with Crippen LogP contribution >= 0.6 is 0 Å². The highest BCUT2D eigenvalue weighted by Crippen LogP contribution is 2.21. The summed E-state index contributed by atoms with van der Waals surface area (Å²) >= 11 is 0. The maximum atomic E-state index is 9.20. The maximum absolute atomic E-state index is 9.20. The Labute approximate surface area is 69.0 Å². The first-order valence-electron chi connectivity index (χ1n) is 4.69. The molecule has 0 bridgehead atoms. The lowest BCUT2D eigenvalue weighted by Crippen LogP contribution is -2.47. The van der Waals surface area contributed by atoms with Crippen molar-refractivity contribution in [3.63, 3.8) is 0 Å². The van der Waals surface area contributed by atoms with Crippen LogP contribution in [0.2, 0.25) is 0 Å². The van der Waals surface area contributed by atoms with E-state index in [2.05, 4.69) is 12.2 Å². The van der Waals surface area contributed by atoms with Crippen LogP contribution < -0.4 is 5.32 Å². The van der Waals surface area contributed by atoms with Crippen LogP contribution in [0.5, 0.6) is 0 Å². The predicted octanol–water partition coefficient (Wildman–Crippen LogP) is 1.29. The molecule has 0 aliphatic carbocycles. The smallest absolute Gasteiger partial charge is 0.0613 e. The van der Waals surface area contributed by atoms with Crippen LogP contribution in [-0.4, -0.2) is 23.8 Å². The van der Waals surface area contributed by atoms with Crippen molar-refractivity contribution < 1.29 is 5.11 Å². The molecule has 2 heteroatoms. The molecule has 1 aliphatic heterocycles. The van der Waals surface area contributed by atoms with Gasteiger partial charge in [0.05, 0.1) is 6.61 Å². The van der Waals surface area contributed by atoms with E-state index in [0.717, 1.165) is 19.4 Å². The molecule has 66 valence electrons. The van der Waals surface area contributed by atoms with Crippen LogP contribution in [0.1, 0.15) is 39.0 Å². The van der Waals surface area contributed by atoms with Crippen LogP contribution in [-0.2, 0) is 0 Å². The average Bonchev–Trinajstić information content (AvgIpc) is 2.30. The highest BCUT2D eigenvalue weighted by atomic mass is 16.3. The second-order valence-corrected chi connectivity index (χ2v) is 3.53. The summed E-state index contributed by atoms with van der Waals surface area (Å²) in [5.41, 5.74) is 0.0521. The van der Waals surface area contributed by atoms with Gasteiger partial charge in [-0.3, -0.25) is 0 Å². The first-order chi connectivity index (χ1) is 5.33. The number of hydrogen-bond acceptors (Lipinski definition) is 2. The van der Waals surface area contributed by atoms with E-state index < -0.39 is 0 Å². The van der Waals surface area contributed by atoms with Crippen molar-refractivity contribution in [2.75, 3.05) is 13.2 Å².